The predicted octanol–water partition coefficient (Wildman–Crippen LogP) is 3.50. The second-order valence-corrected chi connectivity index (χ2v) is 4.56. The third-order valence-corrected chi connectivity index (χ3v) is 2.82. The fourth-order valence-corrected chi connectivity index (χ4v) is 1.50. The fraction of sp³-hybridized carbons (Fsp3) is 0.455. The van der Waals surface area contributed by atoms with Gasteiger partial charge in [-0.15, -0.1) is 0 Å². The van der Waals surface area contributed by atoms with Crippen molar-refractivity contribution in [2.24, 2.45) is 0 Å². The molecule has 0 fully saturated rings. The van der Waals surface area contributed by atoms with Gasteiger partial charge < -0.3 is 4.74 Å². The summed E-state index contributed by atoms with van der Waals surface area (Å²) < 4.78 is 55.7. The van der Waals surface area contributed by atoms with Crippen LogP contribution in [0.2, 0.25) is 5.15 Å². The summed E-state index contributed by atoms with van der Waals surface area (Å²) in [6.07, 6.45) is -5.11. The molecule has 0 aliphatic heterocycles. The molecule has 0 spiro atoms. The van der Waals surface area contributed by atoms with Gasteiger partial charge >= 0.3 is 6.18 Å². The van der Waals surface area contributed by atoms with Crippen LogP contribution < -0.4 is 0 Å². The standard InChI is InChI=1S/C11H10ClF4NO2/c1-10(2,19-3)5-4-6(8(18)11(14,15)16)17-9(12)7(5)13/h4H,1-3H3. The maximum absolute atomic E-state index is 13.8. The SMILES string of the molecule is COC(C)(C)c1cc(C(=O)C(F)(F)F)nc(Cl)c1F. The zero-order valence-electron chi connectivity index (χ0n) is 10.2. The molecule has 0 aromatic carbocycles. The average Bonchev–Trinajstić information content (AvgIpc) is 2.30. The second kappa shape index (κ2) is 5.05. The van der Waals surface area contributed by atoms with E-state index >= 15 is 0 Å². The minimum Gasteiger partial charge on any atom is -0.374 e. The van der Waals surface area contributed by atoms with Crippen LogP contribution in [0.4, 0.5) is 17.6 Å². The van der Waals surface area contributed by atoms with Gasteiger partial charge in [0.1, 0.15) is 5.69 Å². The number of nitrogens with zero attached hydrogens (tertiary/aromatic N) is 1. The van der Waals surface area contributed by atoms with Crippen LogP contribution in [0.3, 0.4) is 0 Å². The van der Waals surface area contributed by atoms with Crippen molar-refractivity contribution < 1.29 is 27.1 Å². The molecule has 0 saturated heterocycles. The summed E-state index contributed by atoms with van der Waals surface area (Å²) in [4.78, 5) is 14.2. The van der Waals surface area contributed by atoms with E-state index in [0.717, 1.165) is 0 Å². The molecule has 0 N–H and O–H groups in total. The van der Waals surface area contributed by atoms with E-state index in [4.69, 9.17) is 16.3 Å². The monoisotopic (exact) mass is 299 g/mol. The van der Waals surface area contributed by atoms with Crippen molar-refractivity contribution in [1.29, 1.82) is 0 Å². The number of halogens is 5. The fourth-order valence-electron chi connectivity index (χ4n) is 1.31. The molecule has 106 valence electrons. The molecular weight excluding hydrogens is 290 g/mol. The Morgan fingerprint density at radius 1 is 1.37 bits per heavy atom. The lowest BCUT2D eigenvalue weighted by Crippen LogP contribution is -2.27. The number of rotatable bonds is 3. The van der Waals surface area contributed by atoms with E-state index in [0.29, 0.717) is 6.07 Å². The van der Waals surface area contributed by atoms with Gasteiger partial charge in [0, 0.05) is 12.7 Å². The van der Waals surface area contributed by atoms with Crippen LogP contribution >= 0.6 is 11.6 Å². The third kappa shape index (κ3) is 3.22. The number of aromatic nitrogens is 1. The first-order valence-electron chi connectivity index (χ1n) is 5.04. The molecule has 0 aliphatic carbocycles. The molecule has 0 bridgehead atoms. The van der Waals surface area contributed by atoms with Gasteiger partial charge in [-0.05, 0) is 19.9 Å². The van der Waals surface area contributed by atoms with Crippen LogP contribution in [0.15, 0.2) is 6.07 Å². The Labute approximate surface area is 111 Å². The van der Waals surface area contributed by atoms with Crippen molar-refractivity contribution in [2.45, 2.75) is 25.6 Å². The Morgan fingerprint density at radius 3 is 2.32 bits per heavy atom. The molecule has 1 aromatic heterocycles. The molecule has 0 aliphatic rings. The van der Waals surface area contributed by atoms with E-state index in [2.05, 4.69) is 4.98 Å². The number of carbonyl (C=O) groups excluding carboxylic acids is 1. The molecular formula is C11H10ClF4NO2. The lowest BCUT2D eigenvalue weighted by Gasteiger charge is -2.24. The zero-order valence-corrected chi connectivity index (χ0v) is 11.0. The first kappa shape index (κ1) is 15.8. The molecule has 1 aromatic rings. The molecule has 0 atom stereocenters. The van der Waals surface area contributed by atoms with Gasteiger partial charge in [-0.2, -0.15) is 13.2 Å². The number of pyridine rings is 1. The Hall–Kier alpha value is -1.21. The number of Topliss-reactive ketones (excluding diaryl/α,β-unsaturated/α-hetero) is 1. The number of hydrogen-bond acceptors (Lipinski definition) is 3. The smallest absolute Gasteiger partial charge is 0.374 e. The maximum Gasteiger partial charge on any atom is 0.456 e. The lowest BCUT2D eigenvalue weighted by atomic mass is 9.97. The van der Waals surface area contributed by atoms with Gasteiger partial charge in [0.05, 0.1) is 5.60 Å². The van der Waals surface area contributed by atoms with Crippen molar-refractivity contribution in [3.63, 3.8) is 0 Å². The molecule has 0 amide bonds. The van der Waals surface area contributed by atoms with E-state index in [1.165, 1.54) is 21.0 Å². The van der Waals surface area contributed by atoms with E-state index in [-0.39, 0.29) is 5.56 Å². The Balaban J connectivity index is 3.45. The summed E-state index contributed by atoms with van der Waals surface area (Å²) in [5, 5.41) is -0.810. The molecule has 3 nitrogen and oxygen atoms in total. The van der Waals surface area contributed by atoms with Gasteiger partial charge in [-0.3, -0.25) is 4.79 Å². The molecule has 1 heterocycles. The van der Waals surface area contributed by atoms with Crippen LogP contribution in [0, 0.1) is 5.82 Å². The molecule has 0 saturated carbocycles. The molecule has 8 heteroatoms. The molecule has 0 radical (unpaired) electrons. The summed E-state index contributed by atoms with van der Waals surface area (Å²) in [7, 11) is 1.25. The van der Waals surface area contributed by atoms with Crippen molar-refractivity contribution in [2.75, 3.05) is 7.11 Å². The van der Waals surface area contributed by atoms with Gasteiger partial charge in [0.25, 0.3) is 5.78 Å². The minimum absolute atomic E-state index is 0.275. The van der Waals surface area contributed by atoms with E-state index < -0.39 is 34.2 Å². The summed E-state index contributed by atoms with van der Waals surface area (Å²) in [5.41, 5.74) is -2.50. The normalized spacial score (nSPS) is 12.6. The largest absolute Gasteiger partial charge is 0.456 e. The van der Waals surface area contributed by atoms with Crippen LogP contribution in [-0.4, -0.2) is 24.1 Å². The van der Waals surface area contributed by atoms with E-state index in [9.17, 15) is 22.4 Å². The summed E-state index contributed by atoms with van der Waals surface area (Å²) in [5.74, 6) is -3.21. The maximum atomic E-state index is 13.8. The second-order valence-electron chi connectivity index (χ2n) is 4.20. The number of methoxy groups -OCH3 is 1. The van der Waals surface area contributed by atoms with Gasteiger partial charge in [0.15, 0.2) is 11.0 Å². The van der Waals surface area contributed by atoms with Crippen molar-refractivity contribution in [3.05, 3.63) is 28.3 Å². The summed E-state index contributed by atoms with van der Waals surface area (Å²) in [6, 6.07) is 0.695. The van der Waals surface area contributed by atoms with Crippen LogP contribution in [0.25, 0.3) is 0 Å². The first-order chi connectivity index (χ1) is 8.50. The lowest BCUT2D eigenvalue weighted by molar-refractivity contribution is -0.0888. The van der Waals surface area contributed by atoms with Crippen molar-refractivity contribution in [3.8, 4) is 0 Å². The van der Waals surface area contributed by atoms with Crippen LogP contribution in [0.5, 0.6) is 0 Å². The topological polar surface area (TPSA) is 39.2 Å². The number of hydrogen-bond donors (Lipinski definition) is 0. The van der Waals surface area contributed by atoms with E-state index in [1.54, 1.807) is 0 Å². The van der Waals surface area contributed by atoms with Crippen LogP contribution in [0.1, 0.15) is 29.9 Å². The van der Waals surface area contributed by atoms with Crippen molar-refractivity contribution in [1.82, 2.24) is 4.98 Å². The number of ketones is 1. The number of ether oxygens (including phenoxy) is 1. The average molecular weight is 300 g/mol. The van der Waals surface area contributed by atoms with E-state index in [1.807, 2.05) is 0 Å². The van der Waals surface area contributed by atoms with Gasteiger partial charge in [-0.25, -0.2) is 9.37 Å². The quantitative estimate of drug-likeness (QED) is 0.487. The highest BCUT2D eigenvalue weighted by Crippen LogP contribution is 2.31. The highest BCUT2D eigenvalue weighted by Gasteiger charge is 2.41. The summed E-state index contributed by atoms with van der Waals surface area (Å²) >= 11 is 5.41. The number of carbonyl (C=O) groups is 1. The summed E-state index contributed by atoms with van der Waals surface area (Å²) in [6.45, 7) is 2.84. The highest BCUT2D eigenvalue weighted by molar-refractivity contribution is 6.29. The number of alkyl halides is 3. The Morgan fingerprint density at radius 2 is 1.89 bits per heavy atom. The predicted molar refractivity (Wildman–Crippen MR) is 59.6 cm³/mol. The Kier molecular flexibility index (Phi) is 4.21. The molecule has 0 unspecified atom stereocenters. The zero-order chi connectivity index (χ0) is 15.0. The van der Waals surface area contributed by atoms with Gasteiger partial charge in [0.2, 0.25) is 0 Å². The third-order valence-electron chi connectivity index (χ3n) is 2.57. The molecule has 1 rings (SSSR count). The Bertz CT molecular complexity index is 514. The minimum atomic E-state index is -5.11. The van der Waals surface area contributed by atoms with Gasteiger partial charge in [-0.1, -0.05) is 11.6 Å². The van der Waals surface area contributed by atoms with Crippen LogP contribution in [-0.2, 0) is 10.3 Å². The van der Waals surface area contributed by atoms with Crippen molar-refractivity contribution >= 4 is 17.4 Å². The first-order valence-corrected chi connectivity index (χ1v) is 5.41. The molecule has 19 heavy (non-hydrogen) atoms. The highest BCUT2D eigenvalue weighted by atomic mass is 35.5.